The molecule has 7 heteroatoms. The highest BCUT2D eigenvalue weighted by molar-refractivity contribution is 5.92. The van der Waals surface area contributed by atoms with Crippen molar-refractivity contribution >= 4 is 17.4 Å². The predicted molar refractivity (Wildman–Crippen MR) is 89.4 cm³/mol. The number of halogens is 1. The van der Waals surface area contributed by atoms with Gasteiger partial charge in [0.1, 0.15) is 11.6 Å². The number of ether oxygens (including phenoxy) is 1. The van der Waals surface area contributed by atoms with Crippen LogP contribution in [-0.2, 0) is 16.0 Å². The zero-order valence-corrected chi connectivity index (χ0v) is 13.2. The second-order valence-corrected chi connectivity index (χ2v) is 5.05. The highest BCUT2D eigenvalue weighted by atomic mass is 19.1. The first-order valence-electron chi connectivity index (χ1n) is 7.60. The second kappa shape index (κ2) is 9.59. The molecule has 2 aromatic rings. The lowest BCUT2D eigenvalue weighted by atomic mass is 10.1. The van der Waals surface area contributed by atoms with E-state index in [2.05, 4.69) is 15.6 Å². The van der Waals surface area contributed by atoms with Crippen LogP contribution in [0.25, 0.3) is 0 Å². The molecule has 0 unspecified atom stereocenters. The summed E-state index contributed by atoms with van der Waals surface area (Å²) < 4.78 is 17.9. The molecule has 0 saturated heterocycles. The van der Waals surface area contributed by atoms with Gasteiger partial charge >= 0.3 is 0 Å². The summed E-state index contributed by atoms with van der Waals surface area (Å²) in [6.07, 6.45) is 1.72. The summed E-state index contributed by atoms with van der Waals surface area (Å²) >= 11 is 0. The van der Waals surface area contributed by atoms with E-state index in [9.17, 15) is 9.18 Å². The van der Waals surface area contributed by atoms with Crippen molar-refractivity contribution in [2.24, 2.45) is 0 Å². The maximum Gasteiger partial charge on any atom is 0.228 e. The predicted octanol–water partition coefficient (Wildman–Crippen LogP) is 1.82. The van der Waals surface area contributed by atoms with Gasteiger partial charge in [-0.3, -0.25) is 4.79 Å². The molecule has 24 heavy (non-hydrogen) atoms. The van der Waals surface area contributed by atoms with Gasteiger partial charge in [-0.1, -0.05) is 12.1 Å². The van der Waals surface area contributed by atoms with E-state index in [0.29, 0.717) is 31.3 Å². The maximum absolute atomic E-state index is 12.8. The second-order valence-electron chi connectivity index (χ2n) is 5.05. The molecule has 0 fully saturated rings. The van der Waals surface area contributed by atoms with Crippen molar-refractivity contribution in [3.05, 3.63) is 54.0 Å². The number of carbonyl (C=O) groups is 1. The largest absolute Gasteiger partial charge is 0.394 e. The summed E-state index contributed by atoms with van der Waals surface area (Å²) in [6, 6.07) is 9.31. The third-order valence-corrected chi connectivity index (χ3v) is 3.11. The Hall–Kier alpha value is -2.51. The summed E-state index contributed by atoms with van der Waals surface area (Å²) in [6.45, 7) is 1.36. The Morgan fingerprint density at radius 1 is 1.17 bits per heavy atom. The summed E-state index contributed by atoms with van der Waals surface area (Å²) in [5, 5.41) is 14.4. The third-order valence-electron chi connectivity index (χ3n) is 3.11. The molecule has 0 aliphatic carbocycles. The summed E-state index contributed by atoms with van der Waals surface area (Å²) in [4.78, 5) is 16.1. The van der Waals surface area contributed by atoms with Crippen molar-refractivity contribution in [2.45, 2.75) is 6.42 Å². The van der Waals surface area contributed by atoms with Crippen molar-refractivity contribution in [1.29, 1.82) is 0 Å². The molecular formula is C17H20FN3O3. The average molecular weight is 333 g/mol. The van der Waals surface area contributed by atoms with Crippen LogP contribution in [0.15, 0.2) is 42.6 Å². The van der Waals surface area contributed by atoms with Crippen LogP contribution in [0.2, 0.25) is 0 Å². The van der Waals surface area contributed by atoms with Gasteiger partial charge in [-0.05, 0) is 29.8 Å². The van der Waals surface area contributed by atoms with Gasteiger partial charge in [0, 0.05) is 6.54 Å². The van der Waals surface area contributed by atoms with Gasteiger partial charge in [-0.25, -0.2) is 9.37 Å². The van der Waals surface area contributed by atoms with Crippen molar-refractivity contribution in [3.8, 4) is 0 Å². The van der Waals surface area contributed by atoms with Gasteiger partial charge in [0.2, 0.25) is 5.91 Å². The lowest BCUT2D eigenvalue weighted by molar-refractivity contribution is -0.115. The molecule has 0 spiro atoms. The number of nitrogens with zero attached hydrogens (tertiary/aromatic N) is 1. The molecule has 1 amide bonds. The van der Waals surface area contributed by atoms with Crippen LogP contribution in [0, 0.1) is 5.82 Å². The number of aromatic nitrogens is 1. The number of rotatable bonds is 9. The van der Waals surface area contributed by atoms with Gasteiger partial charge in [0.15, 0.2) is 0 Å². The molecule has 128 valence electrons. The fourth-order valence-corrected chi connectivity index (χ4v) is 1.98. The van der Waals surface area contributed by atoms with Crippen molar-refractivity contribution in [3.63, 3.8) is 0 Å². The molecule has 0 aliphatic heterocycles. The Balaban J connectivity index is 1.76. The Kier molecular flexibility index (Phi) is 7.13. The molecule has 0 bridgehead atoms. The van der Waals surface area contributed by atoms with E-state index in [4.69, 9.17) is 9.84 Å². The SMILES string of the molecule is O=C(Cc1ccc(F)cc1)Nc1ccc(NCCOCCO)nc1. The van der Waals surface area contributed by atoms with Crippen LogP contribution in [0.1, 0.15) is 5.56 Å². The molecular weight excluding hydrogens is 313 g/mol. The van der Waals surface area contributed by atoms with Crippen LogP contribution in [0.3, 0.4) is 0 Å². The van der Waals surface area contributed by atoms with E-state index in [1.54, 1.807) is 30.5 Å². The number of hydrogen-bond donors (Lipinski definition) is 3. The summed E-state index contributed by atoms with van der Waals surface area (Å²) in [7, 11) is 0. The third kappa shape index (κ3) is 6.31. The Bertz CT molecular complexity index is 633. The number of pyridine rings is 1. The minimum Gasteiger partial charge on any atom is -0.394 e. The molecule has 0 radical (unpaired) electrons. The van der Waals surface area contributed by atoms with Crippen LogP contribution in [0.5, 0.6) is 0 Å². The highest BCUT2D eigenvalue weighted by Gasteiger charge is 2.05. The average Bonchev–Trinajstić information content (AvgIpc) is 2.58. The zero-order chi connectivity index (χ0) is 17.2. The molecule has 2 rings (SSSR count). The van der Waals surface area contributed by atoms with E-state index in [1.807, 2.05) is 0 Å². The fourth-order valence-electron chi connectivity index (χ4n) is 1.98. The number of carbonyl (C=O) groups excluding carboxylic acids is 1. The molecule has 1 aromatic carbocycles. The van der Waals surface area contributed by atoms with Crippen molar-refractivity contribution < 1.29 is 19.0 Å². The molecule has 0 aliphatic rings. The smallest absolute Gasteiger partial charge is 0.228 e. The van der Waals surface area contributed by atoms with Crippen LogP contribution in [0.4, 0.5) is 15.9 Å². The molecule has 1 aromatic heterocycles. The molecule has 1 heterocycles. The van der Waals surface area contributed by atoms with Crippen LogP contribution < -0.4 is 10.6 Å². The number of aliphatic hydroxyl groups excluding tert-OH is 1. The summed E-state index contributed by atoms with van der Waals surface area (Å²) in [5.41, 5.74) is 1.33. The van der Waals surface area contributed by atoms with E-state index >= 15 is 0 Å². The van der Waals surface area contributed by atoms with E-state index < -0.39 is 0 Å². The number of hydrogen-bond acceptors (Lipinski definition) is 5. The van der Waals surface area contributed by atoms with E-state index in [-0.39, 0.29) is 24.8 Å². The van der Waals surface area contributed by atoms with Gasteiger partial charge < -0.3 is 20.5 Å². The minimum atomic E-state index is -0.326. The van der Waals surface area contributed by atoms with Gasteiger partial charge in [0.25, 0.3) is 0 Å². The lowest BCUT2D eigenvalue weighted by Gasteiger charge is -2.08. The van der Waals surface area contributed by atoms with E-state index in [0.717, 1.165) is 5.56 Å². The maximum atomic E-state index is 12.8. The quantitative estimate of drug-likeness (QED) is 0.610. The Labute approximate surface area is 139 Å². The van der Waals surface area contributed by atoms with Crippen LogP contribution >= 0.6 is 0 Å². The summed E-state index contributed by atoms with van der Waals surface area (Å²) in [5.74, 6) is 0.147. The first-order valence-corrected chi connectivity index (χ1v) is 7.60. The van der Waals surface area contributed by atoms with Crippen molar-refractivity contribution in [1.82, 2.24) is 4.98 Å². The number of nitrogens with one attached hydrogen (secondary N) is 2. The zero-order valence-electron chi connectivity index (χ0n) is 13.2. The molecule has 0 atom stereocenters. The topological polar surface area (TPSA) is 83.5 Å². The first kappa shape index (κ1) is 17.8. The van der Waals surface area contributed by atoms with Crippen LogP contribution in [-0.4, -0.2) is 42.4 Å². The number of benzene rings is 1. The van der Waals surface area contributed by atoms with Crippen molar-refractivity contribution in [2.75, 3.05) is 37.0 Å². The number of anilines is 2. The Morgan fingerprint density at radius 2 is 1.96 bits per heavy atom. The number of amides is 1. The Morgan fingerprint density at radius 3 is 2.62 bits per heavy atom. The van der Waals surface area contributed by atoms with Gasteiger partial charge in [0.05, 0.1) is 38.1 Å². The van der Waals surface area contributed by atoms with Gasteiger partial charge in [-0.2, -0.15) is 0 Å². The molecule has 3 N–H and O–H groups in total. The highest BCUT2D eigenvalue weighted by Crippen LogP contribution is 2.11. The van der Waals surface area contributed by atoms with Gasteiger partial charge in [-0.15, -0.1) is 0 Å². The standard InChI is InChI=1S/C17H20FN3O3/c18-14-3-1-13(2-4-14)11-17(23)21-15-5-6-16(20-12-15)19-7-9-24-10-8-22/h1-6,12,22H,7-11H2,(H,19,20)(H,21,23). The monoisotopic (exact) mass is 333 g/mol. The minimum absolute atomic E-state index is 0.00453. The number of aliphatic hydroxyl groups is 1. The molecule has 6 nitrogen and oxygen atoms in total. The van der Waals surface area contributed by atoms with E-state index in [1.165, 1.54) is 12.1 Å². The fraction of sp³-hybridized carbons (Fsp3) is 0.294. The first-order chi connectivity index (χ1) is 11.7. The lowest BCUT2D eigenvalue weighted by Crippen LogP contribution is -2.15. The molecule has 0 saturated carbocycles. The normalized spacial score (nSPS) is 10.4.